The summed E-state index contributed by atoms with van der Waals surface area (Å²) in [5, 5.41) is 39.5. The van der Waals surface area contributed by atoms with Gasteiger partial charge < -0.3 is 25.5 Å². The van der Waals surface area contributed by atoms with E-state index >= 15 is 0 Å². The molecule has 5 N–H and O–H groups in total. The molecule has 0 aromatic carbocycles. The van der Waals surface area contributed by atoms with Crippen molar-refractivity contribution in [2.45, 2.75) is 51.7 Å². The lowest BCUT2D eigenvalue weighted by molar-refractivity contribution is -0.402. The van der Waals surface area contributed by atoms with Crippen molar-refractivity contribution in [3.05, 3.63) is 28.0 Å². The van der Waals surface area contributed by atoms with Gasteiger partial charge in [0.05, 0.1) is 35.5 Å². The van der Waals surface area contributed by atoms with E-state index in [0.717, 1.165) is 11.1 Å². The molecule has 1 amide bonds. The molecule has 13 heteroatoms. The molecule has 0 aliphatic heterocycles. The highest BCUT2D eigenvalue weighted by Crippen LogP contribution is 2.17. The van der Waals surface area contributed by atoms with E-state index in [0.29, 0.717) is 12.3 Å². The maximum absolute atomic E-state index is 12.2. The summed E-state index contributed by atoms with van der Waals surface area (Å²) < 4.78 is 4.87. The monoisotopic (exact) mass is 444 g/mol. The molecule has 0 saturated carbocycles. The van der Waals surface area contributed by atoms with Crippen molar-refractivity contribution < 1.29 is 29.4 Å². The van der Waals surface area contributed by atoms with Crippen LogP contribution in [0, 0.1) is 10.1 Å². The molecule has 1 heterocycles. The van der Waals surface area contributed by atoms with Gasteiger partial charge in [0.25, 0.3) is 5.91 Å². The normalized spacial score (nSPS) is 14.0. The summed E-state index contributed by atoms with van der Waals surface area (Å²) in [6.45, 7) is 9.71. The highest BCUT2D eigenvalue weighted by molar-refractivity contribution is 5.91. The van der Waals surface area contributed by atoms with Crippen LogP contribution >= 0.6 is 0 Å². The minimum Gasteiger partial charge on any atom is -0.411 e. The van der Waals surface area contributed by atoms with E-state index in [2.05, 4.69) is 21.3 Å². The molecule has 1 rings (SSSR count). The van der Waals surface area contributed by atoms with Gasteiger partial charge in [-0.2, -0.15) is 10.5 Å². The maximum atomic E-state index is 12.2. The summed E-state index contributed by atoms with van der Waals surface area (Å²) in [5.41, 5.74) is 2.09. The van der Waals surface area contributed by atoms with Gasteiger partial charge in [0.15, 0.2) is 5.76 Å². The van der Waals surface area contributed by atoms with Crippen LogP contribution in [0.3, 0.4) is 0 Å². The first kappa shape index (κ1) is 26.5. The van der Waals surface area contributed by atoms with E-state index in [4.69, 9.17) is 14.5 Å². The van der Waals surface area contributed by atoms with Crippen LogP contribution in [0.5, 0.6) is 0 Å². The molecule has 176 valence electrons. The molecule has 0 fully saturated rings. The van der Waals surface area contributed by atoms with Crippen molar-refractivity contribution in [3.8, 4) is 0 Å². The first-order valence-corrected chi connectivity index (χ1v) is 9.59. The van der Waals surface area contributed by atoms with Crippen LogP contribution in [-0.4, -0.2) is 75.9 Å². The van der Waals surface area contributed by atoms with Crippen molar-refractivity contribution in [1.82, 2.24) is 21.2 Å². The number of oxime groups is 1. The molecule has 31 heavy (non-hydrogen) atoms. The zero-order valence-corrected chi connectivity index (χ0v) is 18.6. The van der Waals surface area contributed by atoms with Crippen LogP contribution < -0.4 is 16.1 Å². The Kier molecular flexibility index (Phi) is 9.52. The van der Waals surface area contributed by atoms with Gasteiger partial charge in [-0.25, -0.2) is 0 Å². The number of likely N-dealkylation sites (N-methyl/N-ethyl adjacent to an activating group) is 1. The second kappa shape index (κ2) is 11.2. The summed E-state index contributed by atoms with van der Waals surface area (Å²) >= 11 is 0. The van der Waals surface area contributed by atoms with Gasteiger partial charge in [-0.3, -0.25) is 19.7 Å². The number of carbonyl (C=O) groups is 1. The van der Waals surface area contributed by atoms with Gasteiger partial charge in [-0.15, -0.1) is 0 Å². The van der Waals surface area contributed by atoms with Crippen molar-refractivity contribution in [2.24, 2.45) is 5.16 Å². The third kappa shape index (κ3) is 7.88. The molecule has 0 aliphatic rings. The smallest absolute Gasteiger partial charge is 0.411 e. The lowest BCUT2D eigenvalue weighted by Gasteiger charge is -2.37. The minimum absolute atomic E-state index is 0.00112. The predicted octanol–water partition coefficient (Wildman–Crippen LogP) is 1.13. The molecule has 0 saturated heterocycles. The number of nitrogens with zero attached hydrogens (tertiary/aromatic N) is 3. The quantitative estimate of drug-likeness (QED) is 0.0974. The average molecular weight is 444 g/mol. The number of rotatable bonds is 13. The second-order valence-electron chi connectivity index (χ2n) is 8.10. The number of hydrogen-bond acceptors (Lipinski definition) is 11. The van der Waals surface area contributed by atoms with E-state index in [-0.39, 0.29) is 18.9 Å². The van der Waals surface area contributed by atoms with E-state index in [1.54, 1.807) is 20.8 Å². The molecule has 0 bridgehead atoms. The van der Waals surface area contributed by atoms with Gasteiger partial charge in [0, 0.05) is 20.1 Å². The number of hydroxylamine groups is 3. The van der Waals surface area contributed by atoms with E-state index < -0.39 is 33.8 Å². The number of amides is 1. The van der Waals surface area contributed by atoms with Gasteiger partial charge in [-0.1, -0.05) is 5.16 Å². The van der Waals surface area contributed by atoms with Crippen molar-refractivity contribution >= 4 is 17.5 Å². The molecule has 0 radical (unpaired) electrons. The van der Waals surface area contributed by atoms with Crippen molar-refractivity contribution in [3.63, 3.8) is 0 Å². The molecular weight excluding hydrogens is 412 g/mol. The van der Waals surface area contributed by atoms with Gasteiger partial charge >= 0.3 is 5.88 Å². The lowest BCUT2D eigenvalue weighted by Crippen LogP contribution is -2.60. The first-order chi connectivity index (χ1) is 14.3. The number of hydrogen-bond donors (Lipinski definition) is 5. The van der Waals surface area contributed by atoms with Crippen molar-refractivity contribution in [1.29, 1.82) is 0 Å². The topological polar surface area (TPSA) is 175 Å². The molecule has 0 aliphatic carbocycles. The third-order valence-corrected chi connectivity index (χ3v) is 4.90. The Morgan fingerprint density at radius 2 is 2.03 bits per heavy atom. The Balaban J connectivity index is 2.57. The maximum Gasteiger partial charge on any atom is 0.433 e. The fourth-order valence-electron chi connectivity index (χ4n) is 2.65. The molecule has 1 atom stereocenters. The molecule has 13 nitrogen and oxygen atoms in total. The standard InChI is InChI=1S/C18H32N6O7/c1-12(21-26)17(2,3)20-9-10-30-22-18(4,5)14(23(6)27)11-19-16(25)13-7-8-15(31-13)24(28)29/h7-8,14,20,22,26-27H,9-11H2,1-6H3,(H,19,25)/b21-12+. The zero-order chi connectivity index (χ0) is 23.8. The number of carbonyl (C=O) groups excluding carboxylic acids is 1. The Bertz CT molecular complexity index is 775. The average Bonchev–Trinajstić information content (AvgIpc) is 3.17. The zero-order valence-electron chi connectivity index (χ0n) is 18.6. The summed E-state index contributed by atoms with van der Waals surface area (Å²) in [7, 11) is 1.43. The molecular formula is C18H32N6O7. The Morgan fingerprint density at radius 3 is 2.55 bits per heavy atom. The van der Waals surface area contributed by atoms with E-state index in [1.165, 1.54) is 13.1 Å². The summed E-state index contributed by atoms with van der Waals surface area (Å²) in [4.78, 5) is 27.6. The Labute approximate surface area is 180 Å². The highest BCUT2D eigenvalue weighted by Gasteiger charge is 2.33. The molecule has 1 unspecified atom stereocenters. The Hall–Kier alpha value is -2.58. The second-order valence-corrected chi connectivity index (χ2v) is 8.10. The largest absolute Gasteiger partial charge is 0.433 e. The number of nitro groups is 1. The molecule has 1 aromatic heterocycles. The van der Waals surface area contributed by atoms with Crippen LogP contribution in [0.25, 0.3) is 0 Å². The number of furan rings is 1. The first-order valence-electron chi connectivity index (χ1n) is 9.59. The summed E-state index contributed by atoms with van der Waals surface area (Å²) in [6.07, 6.45) is 0. The fourth-order valence-corrected chi connectivity index (χ4v) is 2.65. The van der Waals surface area contributed by atoms with E-state index in [1.807, 2.05) is 13.8 Å². The van der Waals surface area contributed by atoms with Crippen LogP contribution in [0.1, 0.15) is 45.2 Å². The lowest BCUT2D eigenvalue weighted by atomic mass is 9.95. The fraction of sp³-hybridized carbons (Fsp3) is 0.667. The van der Waals surface area contributed by atoms with Crippen LogP contribution in [0.4, 0.5) is 5.88 Å². The van der Waals surface area contributed by atoms with Crippen molar-refractivity contribution in [2.75, 3.05) is 26.7 Å². The Morgan fingerprint density at radius 1 is 1.39 bits per heavy atom. The van der Waals surface area contributed by atoms with Crippen LogP contribution in [-0.2, 0) is 4.84 Å². The summed E-state index contributed by atoms with van der Waals surface area (Å²) in [5.74, 6) is -1.39. The van der Waals surface area contributed by atoms with Crippen LogP contribution in [0.2, 0.25) is 0 Å². The van der Waals surface area contributed by atoms with Crippen LogP contribution in [0.15, 0.2) is 21.7 Å². The third-order valence-electron chi connectivity index (χ3n) is 4.90. The minimum atomic E-state index is -0.802. The predicted molar refractivity (Wildman–Crippen MR) is 111 cm³/mol. The SMILES string of the molecule is C/C(=N\O)C(C)(C)NCCONC(C)(C)C(CNC(=O)c1ccc([N+](=O)[O-])o1)N(C)O. The number of nitrogens with one attached hydrogen (secondary N) is 3. The molecule has 1 aromatic rings. The summed E-state index contributed by atoms with van der Waals surface area (Å²) in [6, 6.07) is 1.68. The van der Waals surface area contributed by atoms with Gasteiger partial charge in [0.2, 0.25) is 0 Å². The highest BCUT2D eigenvalue weighted by atomic mass is 16.7. The van der Waals surface area contributed by atoms with Gasteiger partial charge in [0.1, 0.15) is 4.92 Å². The molecule has 0 spiro atoms. The van der Waals surface area contributed by atoms with E-state index in [9.17, 15) is 20.1 Å². The van der Waals surface area contributed by atoms with Gasteiger partial charge in [-0.05, 0) is 40.7 Å².